The minimum Gasteiger partial charge on any atom is -0.257 e. The SMILES string of the molecule is C1=Cc2nccnc2C1.O=S(=O)(Cl)c1ccccc1.O=S(=O)(c1ccccc1)n1ccc2nccnc21. The molecule has 0 aliphatic heterocycles. The molecule has 0 spiro atoms. The van der Waals surface area contributed by atoms with Gasteiger partial charge in [0.05, 0.1) is 21.2 Å². The summed E-state index contributed by atoms with van der Waals surface area (Å²) in [6, 6.07) is 17.7. The molecular formula is C25H20ClN5O4S2. The number of halogens is 1. The van der Waals surface area contributed by atoms with Crippen LogP contribution in [0.4, 0.5) is 0 Å². The third-order valence-corrected chi connectivity index (χ3v) is 8.05. The molecule has 3 heterocycles. The van der Waals surface area contributed by atoms with E-state index in [2.05, 4.69) is 26.0 Å². The molecule has 9 nitrogen and oxygen atoms in total. The number of fused-ring (bicyclic) bond motifs is 2. The summed E-state index contributed by atoms with van der Waals surface area (Å²) in [6.45, 7) is 0. The van der Waals surface area contributed by atoms with Gasteiger partial charge in [-0.1, -0.05) is 42.5 Å². The Balaban J connectivity index is 0.000000142. The molecule has 0 radical (unpaired) electrons. The Morgan fingerprint density at radius 1 is 0.703 bits per heavy atom. The monoisotopic (exact) mass is 553 g/mol. The van der Waals surface area contributed by atoms with Crippen LogP contribution in [0.3, 0.4) is 0 Å². The summed E-state index contributed by atoms with van der Waals surface area (Å²) in [6.07, 6.45) is 12.9. The van der Waals surface area contributed by atoms with Crippen LogP contribution in [0, 0.1) is 0 Å². The van der Waals surface area contributed by atoms with Gasteiger partial charge >= 0.3 is 0 Å². The Morgan fingerprint density at radius 3 is 1.92 bits per heavy atom. The second-order valence-electron chi connectivity index (χ2n) is 7.44. The fourth-order valence-corrected chi connectivity index (χ4v) is 5.39. The third kappa shape index (κ3) is 6.45. The van der Waals surface area contributed by atoms with E-state index in [-0.39, 0.29) is 9.79 Å². The molecule has 0 bridgehead atoms. The minimum atomic E-state index is -3.61. The molecule has 0 saturated carbocycles. The second-order valence-corrected chi connectivity index (χ2v) is 11.8. The first-order valence-electron chi connectivity index (χ1n) is 10.8. The van der Waals surface area contributed by atoms with Gasteiger partial charge in [0.1, 0.15) is 5.52 Å². The maximum absolute atomic E-state index is 12.4. The Labute approximate surface area is 218 Å². The molecule has 188 valence electrons. The van der Waals surface area contributed by atoms with Gasteiger partial charge in [-0.25, -0.2) is 25.8 Å². The fourth-order valence-electron chi connectivity index (χ4n) is 3.28. The lowest BCUT2D eigenvalue weighted by Gasteiger charge is -2.05. The van der Waals surface area contributed by atoms with Crippen molar-refractivity contribution in [3.8, 4) is 0 Å². The van der Waals surface area contributed by atoms with Crippen LogP contribution in [0.15, 0.2) is 114 Å². The number of aromatic nitrogens is 5. The lowest BCUT2D eigenvalue weighted by molar-refractivity contribution is 0.588. The molecule has 37 heavy (non-hydrogen) atoms. The van der Waals surface area contributed by atoms with Crippen molar-refractivity contribution in [2.45, 2.75) is 16.2 Å². The third-order valence-electron chi connectivity index (χ3n) is 5.00. The van der Waals surface area contributed by atoms with E-state index in [4.69, 9.17) is 10.7 Å². The summed E-state index contributed by atoms with van der Waals surface area (Å²) < 4.78 is 47.1. The van der Waals surface area contributed by atoms with Crippen LogP contribution in [0.25, 0.3) is 17.2 Å². The van der Waals surface area contributed by atoms with Crippen molar-refractivity contribution in [3.05, 3.63) is 115 Å². The number of benzene rings is 2. The van der Waals surface area contributed by atoms with E-state index in [1.807, 2.05) is 6.08 Å². The summed E-state index contributed by atoms with van der Waals surface area (Å²) in [5.74, 6) is 0. The van der Waals surface area contributed by atoms with Crippen molar-refractivity contribution in [2.24, 2.45) is 0 Å². The zero-order valence-corrected chi connectivity index (χ0v) is 21.6. The second kappa shape index (κ2) is 11.4. The average Bonchev–Trinajstić information content (AvgIpc) is 3.58. The smallest absolute Gasteiger partial charge is 0.257 e. The summed E-state index contributed by atoms with van der Waals surface area (Å²) >= 11 is 0. The van der Waals surface area contributed by atoms with Crippen LogP contribution in [-0.4, -0.2) is 40.7 Å². The van der Waals surface area contributed by atoms with Crippen molar-refractivity contribution >= 4 is 47.0 Å². The van der Waals surface area contributed by atoms with Crippen LogP contribution in [0.2, 0.25) is 0 Å². The molecule has 6 rings (SSSR count). The van der Waals surface area contributed by atoms with Gasteiger partial charge < -0.3 is 0 Å². The molecule has 0 fully saturated rings. The van der Waals surface area contributed by atoms with Crippen LogP contribution < -0.4 is 0 Å². The molecule has 12 heteroatoms. The van der Waals surface area contributed by atoms with Gasteiger partial charge in [0.25, 0.3) is 19.1 Å². The topological polar surface area (TPSA) is 125 Å². The van der Waals surface area contributed by atoms with Crippen LogP contribution >= 0.6 is 10.7 Å². The van der Waals surface area contributed by atoms with Crippen molar-refractivity contribution in [1.82, 2.24) is 23.9 Å². The lowest BCUT2D eigenvalue weighted by atomic mass is 10.3. The Hall–Kier alpha value is -3.93. The number of allylic oxidation sites excluding steroid dienone is 1. The first-order chi connectivity index (χ1) is 17.8. The predicted octanol–water partition coefficient (Wildman–Crippen LogP) is 4.33. The highest BCUT2D eigenvalue weighted by molar-refractivity contribution is 8.13. The van der Waals surface area contributed by atoms with Gasteiger partial charge in [-0.2, -0.15) is 0 Å². The van der Waals surface area contributed by atoms with E-state index in [9.17, 15) is 16.8 Å². The van der Waals surface area contributed by atoms with E-state index >= 15 is 0 Å². The number of hydrogen-bond donors (Lipinski definition) is 0. The Morgan fingerprint density at radius 2 is 1.30 bits per heavy atom. The van der Waals surface area contributed by atoms with Gasteiger partial charge in [-0.15, -0.1) is 0 Å². The Kier molecular flexibility index (Phi) is 8.07. The highest BCUT2D eigenvalue weighted by Gasteiger charge is 2.19. The highest BCUT2D eigenvalue weighted by Crippen LogP contribution is 2.19. The van der Waals surface area contributed by atoms with Gasteiger partial charge in [0, 0.05) is 48.1 Å². The lowest BCUT2D eigenvalue weighted by Crippen LogP contribution is -2.12. The maximum Gasteiger partial charge on any atom is 0.269 e. The molecule has 0 unspecified atom stereocenters. The van der Waals surface area contributed by atoms with Crippen molar-refractivity contribution in [1.29, 1.82) is 0 Å². The molecule has 5 aromatic rings. The highest BCUT2D eigenvalue weighted by atomic mass is 35.7. The molecule has 3 aromatic heterocycles. The fraction of sp³-hybridized carbons (Fsp3) is 0.0400. The standard InChI is InChI=1S/C12H9N3O2S.C7H6N2.C6H5ClO2S/c16-18(17,10-4-2-1-3-5-10)15-9-6-11-12(15)14-8-7-13-11;1-2-6-7(3-1)9-5-4-8-6;7-10(8,9)6-4-2-1-3-5-6/h1-9H;1-2,4-5H,3H2;1-5H. The molecule has 1 aliphatic rings. The normalized spacial score (nSPS) is 12.1. The summed E-state index contributed by atoms with van der Waals surface area (Å²) in [4.78, 5) is 16.7. The van der Waals surface area contributed by atoms with E-state index in [0.717, 1.165) is 21.8 Å². The summed E-state index contributed by atoms with van der Waals surface area (Å²) in [5.41, 5.74) is 3.01. The van der Waals surface area contributed by atoms with Crippen LogP contribution in [0.5, 0.6) is 0 Å². The quantitative estimate of drug-likeness (QED) is 0.302. The molecule has 0 amide bonds. The zero-order valence-electron chi connectivity index (χ0n) is 19.2. The molecule has 0 N–H and O–H groups in total. The molecular weight excluding hydrogens is 534 g/mol. The van der Waals surface area contributed by atoms with Crippen LogP contribution in [-0.2, 0) is 25.5 Å². The largest absolute Gasteiger partial charge is 0.269 e. The molecule has 1 aliphatic carbocycles. The van der Waals surface area contributed by atoms with Crippen molar-refractivity contribution in [2.75, 3.05) is 0 Å². The van der Waals surface area contributed by atoms with Gasteiger partial charge in [0.15, 0.2) is 5.65 Å². The van der Waals surface area contributed by atoms with Crippen LogP contribution in [0.1, 0.15) is 11.4 Å². The van der Waals surface area contributed by atoms with Crippen molar-refractivity contribution < 1.29 is 16.8 Å². The predicted molar refractivity (Wildman–Crippen MR) is 141 cm³/mol. The van der Waals surface area contributed by atoms with E-state index < -0.39 is 19.1 Å². The molecule has 2 aromatic carbocycles. The first kappa shape index (κ1) is 26.1. The average molecular weight is 554 g/mol. The van der Waals surface area contributed by atoms with E-state index in [1.165, 1.54) is 30.7 Å². The number of rotatable bonds is 3. The number of hydrogen-bond acceptors (Lipinski definition) is 8. The summed E-state index contributed by atoms with van der Waals surface area (Å²) in [7, 11) is -2.11. The minimum absolute atomic E-state index is 0.136. The maximum atomic E-state index is 12.4. The summed E-state index contributed by atoms with van der Waals surface area (Å²) in [5, 5.41) is 0. The van der Waals surface area contributed by atoms with E-state index in [1.54, 1.807) is 67.0 Å². The number of nitrogens with zero attached hydrogens (tertiary/aromatic N) is 5. The first-order valence-corrected chi connectivity index (χ1v) is 14.6. The molecule has 0 saturated heterocycles. The van der Waals surface area contributed by atoms with Gasteiger partial charge in [-0.05, 0) is 36.4 Å². The molecule has 0 atom stereocenters. The zero-order chi connectivity index (χ0) is 26.3. The van der Waals surface area contributed by atoms with Gasteiger partial charge in [0.2, 0.25) is 0 Å². The Bertz CT molecular complexity index is 1740. The van der Waals surface area contributed by atoms with Crippen molar-refractivity contribution in [3.63, 3.8) is 0 Å². The van der Waals surface area contributed by atoms with E-state index in [0.29, 0.717) is 11.2 Å². The van der Waals surface area contributed by atoms with Gasteiger partial charge in [-0.3, -0.25) is 15.0 Å².